The Balaban J connectivity index is 2.29. The molecule has 1 heterocycles. The monoisotopic (exact) mass is 158 g/mol. The van der Waals surface area contributed by atoms with Crippen molar-refractivity contribution in [2.24, 2.45) is 5.92 Å². The molecule has 0 bridgehead atoms. The molecule has 0 aromatic carbocycles. The summed E-state index contributed by atoms with van der Waals surface area (Å²) in [5.41, 5.74) is 0. The van der Waals surface area contributed by atoms with Gasteiger partial charge in [0.15, 0.2) is 0 Å². The largest absolute Gasteiger partial charge is 0.462 e. The van der Waals surface area contributed by atoms with Crippen molar-refractivity contribution < 1.29 is 14.3 Å². The minimum Gasteiger partial charge on any atom is -0.462 e. The quantitative estimate of drug-likeness (QED) is 0.574. The highest BCUT2D eigenvalue weighted by Gasteiger charge is 2.30. The molecule has 0 radical (unpaired) electrons. The lowest BCUT2D eigenvalue weighted by Gasteiger charge is -2.02. The zero-order valence-corrected chi connectivity index (χ0v) is 7.00. The van der Waals surface area contributed by atoms with Crippen LogP contribution in [0.25, 0.3) is 0 Å². The number of esters is 1. The third-order valence-electron chi connectivity index (χ3n) is 1.94. The van der Waals surface area contributed by atoms with Crippen molar-refractivity contribution in [1.82, 2.24) is 0 Å². The molecular formula is C8H14O3. The molecule has 0 amide bonds. The van der Waals surface area contributed by atoms with Crippen molar-refractivity contribution in [2.45, 2.75) is 25.9 Å². The first kappa shape index (κ1) is 8.53. The van der Waals surface area contributed by atoms with E-state index in [1.165, 1.54) is 0 Å². The third-order valence-corrected chi connectivity index (χ3v) is 1.94. The van der Waals surface area contributed by atoms with E-state index >= 15 is 0 Å². The summed E-state index contributed by atoms with van der Waals surface area (Å²) in [5, 5.41) is 0. The molecule has 0 aliphatic carbocycles. The highest BCUT2D eigenvalue weighted by Crippen LogP contribution is 2.23. The molecule has 0 spiro atoms. The third kappa shape index (κ3) is 2.19. The number of rotatable bonds is 3. The second-order valence-electron chi connectivity index (χ2n) is 2.96. The van der Waals surface area contributed by atoms with E-state index in [4.69, 9.17) is 9.47 Å². The van der Waals surface area contributed by atoms with Crippen LogP contribution in [0.1, 0.15) is 19.8 Å². The maximum Gasteiger partial charge on any atom is 0.309 e. The number of hydrogen-bond donors (Lipinski definition) is 0. The second-order valence-corrected chi connectivity index (χ2v) is 2.96. The Bertz CT molecular complexity index is 144. The topological polar surface area (TPSA) is 35.5 Å². The summed E-state index contributed by atoms with van der Waals surface area (Å²) < 4.78 is 9.86. The molecule has 3 heteroatoms. The van der Waals surface area contributed by atoms with Crippen molar-refractivity contribution in [1.29, 1.82) is 0 Å². The minimum atomic E-state index is -0.0606. The molecule has 1 aliphatic rings. The zero-order valence-electron chi connectivity index (χ0n) is 7.00. The van der Waals surface area contributed by atoms with Gasteiger partial charge in [0.2, 0.25) is 0 Å². The summed E-state index contributed by atoms with van der Waals surface area (Å²) in [6.45, 7) is 2.57. The van der Waals surface area contributed by atoms with Crippen molar-refractivity contribution in [2.75, 3.05) is 13.7 Å². The van der Waals surface area contributed by atoms with E-state index in [1.54, 1.807) is 7.11 Å². The van der Waals surface area contributed by atoms with E-state index in [2.05, 4.69) is 0 Å². The van der Waals surface area contributed by atoms with Crippen LogP contribution in [0.15, 0.2) is 0 Å². The Morgan fingerprint density at radius 2 is 2.45 bits per heavy atom. The van der Waals surface area contributed by atoms with E-state index in [1.807, 2.05) is 6.92 Å². The Hall–Kier alpha value is -0.570. The first-order chi connectivity index (χ1) is 5.24. The van der Waals surface area contributed by atoms with E-state index in [0.29, 0.717) is 6.61 Å². The smallest absolute Gasteiger partial charge is 0.309 e. The Morgan fingerprint density at radius 3 is 2.91 bits per heavy atom. The molecule has 0 aromatic heterocycles. The van der Waals surface area contributed by atoms with Gasteiger partial charge in [0.05, 0.1) is 12.0 Å². The van der Waals surface area contributed by atoms with Crippen LogP contribution in [-0.4, -0.2) is 25.8 Å². The first-order valence-corrected chi connectivity index (χ1v) is 3.93. The molecule has 64 valence electrons. The molecule has 0 aromatic rings. The summed E-state index contributed by atoms with van der Waals surface area (Å²) in [4.78, 5) is 11.0. The van der Waals surface area contributed by atoms with Crippen molar-refractivity contribution >= 4 is 5.97 Å². The highest BCUT2D eigenvalue weighted by molar-refractivity contribution is 5.74. The SMILES string of the molecule is COCC[C@H]1C[C@H](C)OC1=O. The van der Waals surface area contributed by atoms with Crippen molar-refractivity contribution in [3.05, 3.63) is 0 Å². The summed E-state index contributed by atoms with van der Waals surface area (Å²) in [6.07, 6.45) is 1.74. The lowest BCUT2D eigenvalue weighted by Crippen LogP contribution is -2.09. The standard InChI is InChI=1S/C8H14O3/c1-6-5-7(3-4-10-2)8(9)11-6/h6-7H,3-5H2,1-2H3/t6-,7-/m0/s1. The van der Waals surface area contributed by atoms with Gasteiger partial charge in [-0.2, -0.15) is 0 Å². The van der Waals surface area contributed by atoms with Gasteiger partial charge in [0.25, 0.3) is 0 Å². The van der Waals surface area contributed by atoms with Gasteiger partial charge in [0.1, 0.15) is 0 Å². The lowest BCUT2D eigenvalue weighted by molar-refractivity contribution is -0.144. The molecule has 0 saturated carbocycles. The van der Waals surface area contributed by atoms with Crippen LogP contribution in [0.2, 0.25) is 0 Å². The van der Waals surface area contributed by atoms with Crippen LogP contribution in [0, 0.1) is 5.92 Å². The summed E-state index contributed by atoms with van der Waals surface area (Å²) in [7, 11) is 1.64. The average molecular weight is 158 g/mol. The van der Waals surface area contributed by atoms with Gasteiger partial charge in [-0.05, 0) is 19.8 Å². The van der Waals surface area contributed by atoms with Gasteiger partial charge < -0.3 is 9.47 Å². The van der Waals surface area contributed by atoms with Gasteiger partial charge in [-0.15, -0.1) is 0 Å². The molecule has 1 fully saturated rings. The van der Waals surface area contributed by atoms with Crippen LogP contribution in [-0.2, 0) is 14.3 Å². The highest BCUT2D eigenvalue weighted by atomic mass is 16.5. The summed E-state index contributed by atoms with van der Waals surface area (Å²) >= 11 is 0. The van der Waals surface area contributed by atoms with Gasteiger partial charge in [0, 0.05) is 13.7 Å². The zero-order chi connectivity index (χ0) is 8.27. The van der Waals surface area contributed by atoms with Crippen LogP contribution in [0.4, 0.5) is 0 Å². The average Bonchev–Trinajstić information content (AvgIpc) is 2.26. The molecule has 0 unspecified atom stereocenters. The number of cyclic esters (lactones) is 1. The van der Waals surface area contributed by atoms with E-state index in [0.717, 1.165) is 12.8 Å². The van der Waals surface area contributed by atoms with E-state index < -0.39 is 0 Å². The maximum absolute atomic E-state index is 11.0. The molecule has 1 aliphatic heterocycles. The molecular weight excluding hydrogens is 144 g/mol. The minimum absolute atomic E-state index is 0.0606. The van der Waals surface area contributed by atoms with E-state index in [-0.39, 0.29) is 18.0 Å². The Morgan fingerprint density at radius 1 is 1.73 bits per heavy atom. The molecule has 1 saturated heterocycles. The fourth-order valence-electron chi connectivity index (χ4n) is 1.34. The maximum atomic E-state index is 11.0. The molecule has 3 nitrogen and oxygen atoms in total. The normalized spacial score (nSPS) is 30.5. The van der Waals surface area contributed by atoms with Crippen molar-refractivity contribution in [3.8, 4) is 0 Å². The molecule has 0 N–H and O–H groups in total. The fourth-order valence-corrected chi connectivity index (χ4v) is 1.34. The number of ether oxygens (including phenoxy) is 2. The van der Waals surface area contributed by atoms with Crippen LogP contribution in [0.3, 0.4) is 0 Å². The Labute approximate surface area is 66.7 Å². The van der Waals surface area contributed by atoms with Gasteiger partial charge >= 0.3 is 5.97 Å². The fraction of sp³-hybridized carbons (Fsp3) is 0.875. The summed E-state index contributed by atoms with van der Waals surface area (Å²) in [6, 6.07) is 0. The predicted molar refractivity (Wildman–Crippen MR) is 40.2 cm³/mol. The van der Waals surface area contributed by atoms with Crippen LogP contribution >= 0.6 is 0 Å². The van der Waals surface area contributed by atoms with Crippen molar-refractivity contribution in [3.63, 3.8) is 0 Å². The summed E-state index contributed by atoms with van der Waals surface area (Å²) in [5.74, 6) is 0.0134. The second kappa shape index (κ2) is 3.72. The Kier molecular flexibility index (Phi) is 2.88. The first-order valence-electron chi connectivity index (χ1n) is 3.93. The van der Waals surface area contributed by atoms with Gasteiger partial charge in [-0.1, -0.05) is 0 Å². The lowest BCUT2D eigenvalue weighted by atomic mass is 10.0. The molecule has 1 rings (SSSR count). The number of hydrogen-bond acceptors (Lipinski definition) is 3. The van der Waals surface area contributed by atoms with E-state index in [9.17, 15) is 4.79 Å². The number of methoxy groups -OCH3 is 1. The number of carbonyl (C=O) groups excluding carboxylic acids is 1. The van der Waals surface area contributed by atoms with Gasteiger partial charge in [-0.25, -0.2) is 0 Å². The molecule has 11 heavy (non-hydrogen) atoms. The van der Waals surface area contributed by atoms with Crippen LogP contribution < -0.4 is 0 Å². The molecule has 2 atom stereocenters. The number of carbonyl (C=O) groups is 1. The van der Waals surface area contributed by atoms with Gasteiger partial charge in [-0.3, -0.25) is 4.79 Å². The van der Waals surface area contributed by atoms with Crippen LogP contribution in [0.5, 0.6) is 0 Å². The predicted octanol–water partition coefficient (Wildman–Crippen LogP) is 0.974.